The van der Waals surface area contributed by atoms with E-state index < -0.39 is 0 Å². The summed E-state index contributed by atoms with van der Waals surface area (Å²) < 4.78 is 0. The molecule has 10 heavy (non-hydrogen) atoms. The number of phenolic OH excluding ortho intramolecular Hbond substituents is 1. The molecule has 1 aromatic carbocycles. The molecule has 1 aliphatic rings. The minimum Gasteiger partial charge on any atom is -0.509 e. The van der Waals surface area contributed by atoms with Gasteiger partial charge in [0, 0.05) is 0 Å². The molecule has 0 heterocycles. The Morgan fingerprint density at radius 2 is 2.10 bits per heavy atom. The number of aryl methyl sites for hydroxylation is 1. The van der Waals surface area contributed by atoms with Gasteiger partial charge in [0.1, 0.15) is 13.6 Å². The second kappa shape index (κ2) is 1.78. The Labute approximate surface area is 61.1 Å². The quantitative estimate of drug-likeness (QED) is 0.500. The zero-order valence-corrected chi connectivity index (χ0v) is 5.59. The fourth-order valence-electron chi connectivity index (χ4n) is 1.31. The topological polar surface area (TPSA) is 20.2 Å². The van der Waals surface area contributed by atoms with Crippen LogP contribution in [0.1, 0.15) is 11.1 Å². The van der Waals surface area contributed by atoms with E-state index in [1.54, 1.807) is 6.07 Å². The highest BCUT2D eigenvalue weighted by molar-refractivity contribution is 6.35. The average molecular weight is 130 g/mol. The van der Waals surface area contributed by atoms with Crippen molar-refractivity contribution in [2.75, 3.05) is 0 Å². The van der Waals surface area contributed by atoms with Crippen LogP contribution in [-0.2, 0) is 12.8 Å². The third-order valence-corrected chi connectivity index (χ3v) is 2.08. The van der Waals surface area contributed by atoms with Crippen molar-refractivity contribution in [3.05, 3.63) is 23.3 Å². The highest BCUT2D eigenvalue weighted by Gasteiger charge is 2.15. The largest absolute Gasteiger partial charge is 0.509 e. The molecule has 0 fully saturated rings. The van der Waals surface area contributed by atoms with Gasteiger partial charge in [-0.05, 0) is 30.0 Å². The van der Waals surface area contributed by atoms with Gasteiger partial charge in [-0.15, -0.1) is 0 Å². The summed E-state index contributed by atoms with van der Waals surface area (Å²) in [4.78, 5) is 0. The molecule has 0 saturated carbocycles. The Kier molecular flexibility index (Phi) is 1.04. The molecule has 48 valence electrons. The van der Waals surface area contributed by atoms with Gasteiger partial charge in [-0.25, -0.2) is 0 Å². The van der Waals surface area contributed by atoms with Crippen LogP contribution in [0.3, 0.4) is 0 Å². The Morgan fingerprint density at radius 1 is 1.30 bits per heavy atom. The van der Waals surface area contributed by atoms with Crippen LogP contribution in [0.25, 0.3) is 0 Å². The summed E-state index contributed by atoms with van der Waals surface area (Å²) in [5, 5.41) is 9.13. The van der Waals surface area contributed by atoms with Crippen molar-refractivity contribution in [2.24, 2.45) is 0 Å². The molecule has 0 unspecified atom stereocenters. The second-order valence-corrected chi connectivity index (χ2v) is 2.64. The molecule has 2 heteroatoms. The van der Waals surface area contributed by atoms with Gasteiger partial charge >= 0.3 is 0 Å². The van der Waals surface area contributed by atoms with Crippen LogP contribution in [0.15, 0.2) is 12.1 Å². The Hall–Kier alpha value is -0.915. The van der Waals surface area contributed by atoms with E-state index in [1.165, 1.54) is 5.56 Å². The molecule has 1 aromatic rings. The van der Waals surface area contributed by atoms with Crippen LogP contribution in [0, 0.1) is 0 Å². The molecule has 1 aliphatic carbocycles. The van der Waals surface area contributed by atoms with Gasteiger partial charge in [0.2, 0.25) is 0 Å². The van der Waals surface area contributed by atoms with Gasteiger partial charge in [0.15, 0.2) is 0 Å². The third-order valence-electron chi connectivity index (χ3n) is 2.08. The van der Waals surface area contributed by atoms with Gasteiger partial charge in [-0.2, -0.15) is 0 Å². The predicted molar refractivity (Wildman–Crippen MR) is 40.9 cm³/mol. The van der Waals surface area contributed by atoms with Crippen molar-refractivity contribution in [2.45, 2.75) is 12.8 Å². The van der Waals surface area contributed by atoms with Gasteiger partial charge in [-0.3, -0.25) is 0 Å². The number of hydrogen-bond acceptors (Lipinski definition) is 1. The van der Waals surface area contributed by atoms with Gasteiger partial charge in [-0.1, -0.05) is 11.5 Å². The second-order valence-electron chi connectivity index (χ2n) is 2.64. The lowest BCUT2D eigenvalue weighted by Gasteiger charge is -2.21. The maximum atomic E-state index is 9.13. The van der Waals surface area contributed by atoms with E-state index in [0.29, 0.717) is 5.46 Å². The lowest BCUT2D eigenvalue weighted by Crippen LogP contribution is -2.21. The molecule has 0 aliphatic heterocycles. The first-order valence-corrected chi connectivity index (χ1v) is 3.38. The smallest absolute Gasteiger partial charge is 0.119 e. The van der Waals surface area contributed by atoms with Crippen molar-refractivity contribution >= 4 is 13.3 Å². The van der Waals surface area contributed by atoms with Gasteiger partial charge < -0.3 is 5.11 Å². The van der Waals surface area contributed by atoms with Crippen molar-refractivity contribution < 1.29 is 5.11 Å². The third kappa shape index (κ3) is 0.590. The van der Waals surface area contributed by atoms with Gasteiger partial charge in [0.25, 0.3) is 0 Å². The van der Waals surface area contributed by atoms with Crippen LogP contribution in [0.2, 0.25) is 0 Å². The number of hydrogen-bond donors (Lipinski definition) is 1. The predicted octanol–water partition coefficient (Wildman–Crippen LogP) is 0.285. The van der Waals surface area contributed by atoms with Crippen LogP contribution in [0.5, 0.6) is 5.75 Å². The monoisotopic (exact) mass is 130 g/mol. The van der Waals surface area contributed by atoms with Crippen molar-refractivity contribution in [3.8, 4) is 5.75 Å². The van der Waals surface area contributed by atoms with Crippen molar-refractivity contribution in [3.63, 3.8) is 0 Å². The van der Waals surface area contributed by atoms with E-state index in [-0.39, 0.29) is 5.75 Å². The zero-order valence-electron chi connectivity index (χ0n) is 5.59. The molecule has 0 atom stereocenters. The number of fused-ring (bicyclic) bond motifs is 1. The molecular weight excluding hydrogens is 123 g/mol. The lowest BCUT2D eigenvalue weighted by molar-refractivity contribution is 0.478. The van der Waals surface area contributed by atoms with E-state index in [1.807, 2.05) is 6.07 Å². The molecule has 1 N–H and O–H groups in total. The van der Waals surface area contributed by atoms with E-state index in [0.717, 1.165) is 18.4 Å². The summed E-state index contributed by atoms with van der Waals surface area (Å²) in [6, 6.07) is 3.60. The molecular formula is C8H7BO. The minimum absolute atomic E-state index is 0.221. The van der Waals surface area contributed by atoms with Crippen molar-refractivity contribution in [1.82, 2.24) is 0 Å². The van der Waals surface area contributed by atoms with Crippen LogP contribution in [0.4, 0.5) is 0 Å². The average Bonchev–Trinajstić information content (AvgIpc) is 1.82. The summed E-state index contributed by atoms with van der Waals surface area (Å²) in [6.07, 6.45) is 2.13. The maximum absolute atomic E-state index is 9.13. The zero-order chi connectivity index (χ0) is 7.14. The fourth-order valence-corrected chi connectivity index (χ4v) is 1.31. The molecule has 0 saturated heterocycles. The minimum atomic E-state index is 0.221. The maximum Gasteiger partial charge on any atom is 0.119 e. The molecule has 2 rings (SSSR count). The van der Waals surface area contributed by atoms with E-state index in [9.17, 15) is 0 Å². The van der Waals surface area contributed by atoms with Crippen LogP contribution in [-0.4, -0.2) is 13.0 Å². The number of rotatable bonds is 0. The number of phenols is 1. The molecule has 0 aromatic heterocycles. The first-order valence-electron chi connectivity index (χ1n) is 3.38. The molecule has 0 spiro atoms. The summed E-state index contributed by atoms with van der Waals surface area (Å²) in [5.41, 5.74) is 3.00. The highest BCUT2D eigenvalue weighted by Crippen LogP contribution is 2.23. The SMILES string of the molecule is [B]c1c(O)ccc2c1CC2. The molecule has 0 amide bonds. The van der Waals surface area contributed by atoms with Crippen LogP contribution >= 0.6 is 0 Å². The lowest BCUT2D eigenvalue weighted by atomic mass is 9.77. The van der Waals surface area contributed by atoms with E-state index in [2.05, 4.69) is 0 Å². The first-order chi connectivity index (χ1) is 4.79. The van der Waals surface area contributed by atoms with Crippen LogP contribution < -0.4 is 5.46 Å². The Balaban J connectivity index is 2.66. The fraction of sp³-hybridized carbons (Fsp3) is 0.250. The normalized spacial score (nSPS) is 14.0. The first kappa shape index (κ1) is 5.84. The number of aromatic hydroxyl groups is 1. The summed E-state index contributed by atoms with van der Waals surface area (Å²) in [7, 11) is 5.58. The van der Waals surface area contributed by atoms with Gasteiger partial charge in [0.05, 0.1) is 0 Å². The van der Waals surface area contributed by atoms with Crippen molar-refractivity contribution in [1.29, 1.82) is 0 Å². The Bertz CT molecular complexity index is 266. The van der Waals surface area contributed by atoms with E-state index >= 15 is 0 Å². The summed E-state index contributed by atoms with van der Waals surface area (Å²) in [6.45, 7) is 0. The summed E-state index contributed by atoms with van der Waals surface area (Å²) >= 11 is 0. The molecule has 0 bridgehead atoms. The Morgan fingerprint density at radius 3 is 2.60 bits per heavy atom. The summed E-state index contributed by atoms with van der Waals surface area (Å²) in [5.74, 6) is 0.221. The standard InChI is InChI=1S/C8H7BO/c9-8-6-3-1-5(6)2-4-7(8)10/h2,4,10H,1,3H2. The molecule has 2 radical (unpaired) electrons. The number of benzene rings is 1. The van der Waals surface area contributed by atoms with E-state index in [4.69, 9.17) is 13.0 Å². The highest BCUT2D eigenvalue weighted by atomic mass is 16.3. The molecule has 1 nitrogen and oxygen atoms in total.